The van der Waals surface area contributed by atoms with Gasteiger partial charge in [-0.15, -0.1) is 11.3 Å². The zero-order valence-electron chi connectivity index (χ0n) is 14.7. The number of nitro benzene ring substituents is 1. The molecular weight excluding hydrogens is 399 g/mol. The number of hydrogen-bond acceptors (Lipinski definition) is 7. The fourth-order valence-electron chi connectivity index (χ4n) is 3.17. The lowest BCUT2D eigenvalue weighted by Crippen LogP contribution is -2.34. The molecule has 150 valence electrons. The highest BCUT2D eigenvalue weighted by Crippen LogP contribution is 2.36. The first kappa shape index (κ1) is 20.1. The second-order valence-corrected chi connectivity index (χ2v) is 7.19. The Bertz CT molecular complexity index is 900. The van der Waals surface area contributed by atoms with Crippen LogP contribution >= 0.6 is 11.3 Å². The summed E-state index contributed by atoms with van der Waals surface area (Å²) in [6.07, 6.45) is -3.06. The molecule has 3 rings (SSSR count). The molecule has 2 aromatic rings. The SMILES string of the molecule is COC(=O)c1cc(N2CCCC(c3nc(C(F)(F)F)cs3)C2)ccc1[N+](=O)[O-]. The van der Waals surface area contributed by atoms with Gasteiger partial charge in [-0.05, 0) is 25.0 Å². The molecule has 1 saturated heterocycles. The van der Waals surface area contributed by atoms with Crippen molar-refractivity contribution in [2.24, 2.45) is 0 Å². The summed E-state index contributed by atoms with van der Waals surface area (Å²) in [5, 5.41) is 12.6. The molecular formula is C17H16F3N3O4S. The number of anilines is 1. The van der Waals surface area contributed by atoms with Gasteiger partial charge in [-0.1, -0.05) is 0 Å². The Kier molecular flexibility index (Phi) is 5.54. The Labute approximate surface area is 161 Å². The maximum atomic E-state index is 12.8. The monoisotopic (exact) mass is 415 g/mol. The number of ether oxygens (including phenoxy) is 1. The number of carbonyl (C=O) groups excluding carboxylic acids is 1. The molecule has 0 spiro atoms. The van der Waals surface area contributed by atoms with Gasteiger partial charge < -0.3 is 9.64 Å². The normalized spacial score (nSPS) is 17.4. The predicted octanol–water partition coefficient (Wildman–Crippen LogP) is 4.24. The Balaban J connectivity index is 1.85. The van der Waals surface area contributed by atoms with E-state index in [0.717, 1.165) is 30.2 Å². The van der Waals surface area contributed by atoms with Crippen LogP contribution in [0.25, 0.3) is 0 Å². The first-order valence-corrected chi connectivity index (χ1v) is 9.23. The molecule has 0 N–H and O–H groups in total. The van der Waals surface area contributed by atoms with E-state index < -0.39 is 22.8 Å². The zero-order valence-corrected chi connectivity index (χ0v) is 15.5. The molecule has 1 aliphatic rings. The van der Waals surface area contributed by atoms with Crippen LogP contribution in [0.3, 0.4) is 0 Å². The van der Waals surface area contributed by atoms with Crippen molar-refractivity contribution >= 4 is 28.7 Å². The summed E-state index contributed by atoms with van der Waals surface area (Å²) in [6, 6.07) is 4.14. The average molecular weight is 415 g/mol. The molecule has 1 fully saturated rings. The third-order valence-corrected chi connectivity index (χ3v) is 5.54. The summed E-state index contributed by atoms with van der Waals surface area (Å²) in [4.78, 5) is 28.0. The van der Waals surface area contributed by atoms with Gasteiger partial charge in [0.1, 0.15) is 5.56 Å². The van der Waals surface area contributed by atoms with E-state index in [9.17, 15) is 28.1 Å². The van der Waals surface area contributed by atoms with E-state index in [0.29, 0.717) is 30.2 Å². The number of thiazole rings is 1. The van der Waals surface area contributed by atoms with Crippen molar-refractivity contribution in [1.29, 1.82) is 0 Å². The Morgan fingerprint density at radius 1 is 1.43 bits per heavy atom. The highest BCUT2D eigenvalue weighted by atomic mass is 32.1. The number of methoxy groups -OCH3 is 1. The van der Waals surface area contributed by atoms with Gasteiger partial charge in [0.2, 0.25) is 0 Å². The Hall–Kier alpha value is -2.69. The summed E-state index contributed by atoms with van der Waals surface area (Å²) < 4.78 is 43.0. The molecule has 0 amide bonds. The van der Waals surface area contributed by atoms with Crippen LogP contribution in [0.1, 0.15) is 39.8 Å². The second kappa shape index (κ2) is 7.74. The molecule has 1 aliphatic heterocycles. The molecule has 0 aliphatic carbocycles. The minimum Gasteiger partial charge on any atom is -0.465 e. The molecule has 1 unspecified atom stereocenters. The van der Waals surface area contributed by atoms with Crippen LogP contribution in [0.5, 0.6) is 0 Å². The molecule has 1 aromatic carbocycles. The maximum absolute atomic E-state index is 12.8. The number of carbonyl (C=O) groups is 1. The average Bonchev–Trinajstić information content (AvgIpc) is 3.17. The molecule has 0 radical (unpaired) electrons. The van der Waals surface area contributed by atoms with Crippen molar-refractivity contribution in [3.8, 4) is 0 Å². The summed E-state index contributed by atoms with van der Waals surface area (Å²) in [7, 11) is 1.14. The molecule has 28 heavy (non-hydrogen) atoms. The first-order valence-electron chi connectivity index (χ1n) is 8.35. The number of benzene rings is 1. The highest BCUT2D eigenvalue weighted by molar-refractivity contribution is 7.09. The van der Waals surface area contributed by atoms with Crippen molar-refractivity contribution in [1.82, 2.24) is 4.98 Å². The van der Waals surface area contributed by atoms with Crippen LogP contribution in [-0.2, 0) is 10.9 Å². The van der Waals surface area contributed by atoms with Crippen molar-refractivity contribution in [2.45, 2.75) is 24.9 Å². The van der Waals surface area contributed by atoms with Crippen LogP contribution in [0.2, 0.25) is 0 Å². The number of alkyl halides is 3. The van der Waals surface area contributed by atoms with Gasteiger partial charge in [-0.25, -0.2) is 9.78 Å². The highest BCUT2D eigenvalue weighted by Gasteiger charge is 2.35. The van der Waals surface area contributed by atoms with Gasteiger partial charge in [-0.2, -0.15) is 13.2 Å². The number of nitrogens with zero attached hydrogens (tertiary/aromatic N) is 3. The summed E-state index contributed by atoms with van der Waals surface area (Å²) in [5.41, 5.74) is -0.851. The first-order chi connectivity index (χ1) is 13.2. The molecule has 1 atom stereocenters. The fourth-order valence-corrected chi connectivity index (χ4v) is 4.13. The summed E-state index contributed by atoms with van der Waals surface area (Å²) in [5.74, 6) is -1.01. The van der Waals surface area contributed by atoms with Crippen molar-refractivity contribution in [3.05, 3.63) is 50.0 Å². The Morgan fingerprint density at radius 3 is 2.79 bits per heavy atom. The molecule has 0 bridgehead atoms. The maximum Gasteiger partial charge on any atom is 0.434 e. The number of esters is 1. The van der Waals surface area contributed by atoms with Crippen molar-refractivity contribution in [2.75, 3.05) is 25.1 Å². The molecule has 7 nitrogen and oxygen atoms in total. The van der Waals surface area contributed by atoms with Crippen molar-refractivity contribution in [3.63, 3.8) is 0 Å². The zero-order chi connectivity index (χ0) is 20.5. The minimum absolute atomic E-state index is 0.166. The van der Waals surface area contributed by atoms with Gasteiger partial charge in [0, 0.05) is 36.1 Å². The van der Waals surface area contributed by atoms with E-state index in [1.807, 2.05) is 4.90 Å². The van der Waals surface area contributed by atoms with E-state index in [1.165, 1.54) is 18.2 Å². The minimum atomic E-state index is -4.48. The van der Waals surface area contributed by atoms with E-state index in [1.54, 1.807) is 0 Å². The van der Waals surface area contributed by atoms with Gasteiger partial charge in [0.25, 0.3) is 5.69 Å². The lowest BCUT2D eigenvalue weighted by atomic mass is 9.97. The van der Waals surface area contributed by atoms with Gasteiger partial charge in [0.05, 0.1) is 17.0 Å². The molecule has 0 saturated carbocycles. The van der Waals surface area contributed by atoms with Crippen molar-refractivity contribution < 1.29 is 27.6 Å². The predicted molar refractivity (Wildman–Crippen MR) is 95.7 cm³/mol. The lowest BCUT2D eigenvalue weighted by Gasteiger charge is -2.33. The molecule has 2 heterocycles. The van der Waals surface area contributed by atoms with Crippen LogP contribution < -0.4 is 4.90 Å². The summed E-state index contributed by atoms with van der Waals surface area (Å²) >= 11 is 0.977. The third kappa shape index (κ3) is 4.08. The Morgan fingerprint density at radius 2 is 2.18 bits per heavy atom. The van der Waals surface area contributed by atoms with Crippen LogP contribution in [-0.4, -0.2) is 36.1 Å². The lowest BCUT2D eigenvalue weighted by molar-refractivity contribution is -0.385. The molecule has 1 aromatic heterocycles. The number of nitro groups is 1. The van der Waals surface area contributed by atoms with E-state index in [2.05, 4.69) is 9.72 Å². The van der Waals surface area contributed by atoms with Gasteiger partial charge in [-0.3, -0.25) is 10.1 Å². The van der Waals surface area contributed by atoms with Gasteiger partial charge >= 0.3 is 12.1 Å². The number of halogens is 3. The largest absolute Gasteiger partial charge is 0.465 e. The third-order valence-electron chi connectivity index (χ3n) is 4.53. The van der Waals surface area contributed by atoms with Crippen LogP contribution in [0.15, 0.2) is 23.6 Å². The van der Waals surface area contributed by atoms with Crippen LogP contribution in [0.4, 0.5) is 24.5 Å². The smallest absolute Gasteiger partial charge is 0.434 e. The topological polar surface area (TPSA) is 85.6 Å². The van der Waals surface area contributed by atoms with E-state index >= 15 is 0 Å². The van der Waals surface area contributed by atoms with E-state index in [-0.39, 0.29) is 17.2 Å². The quantitative estimate of drug-likeness (QED) is 0.422. The van der Waals surface area contributed by atoms with Gasteiger partial charge in [0.15, 0.2) is 5.69 Å². The van der Waals surface area contributed by atoms with Crippen LogP contribution in [0, 0.1) is 10.1 Å². The number of aromatic nitrogens is 1. The van der Waals surface area contributed by atoms with E-state index in [4.69, 9.17) is 0 Å². The molecule has 11 heteroatoms. The fraction of sp³-hybridized carbons (Fsp3) is 0.412. The number of rotatable bonds is 4. The summed E-state index contributed by atoms with van der Waals surface area (Å²) in [6.45, 7) is 1.02. The second-order valence-electron chi connectivity index (χ2n) is 6.30. The number of hydrogen-bond donors (Lipinski definition) is 0. The standard InChI is InChI=1S/C17H16F3N3O4S/c1-27-16(24)12-7-11(4-5-13(12)23(25)26)22-6-2-3-10(8-22)15-21-14(9-28-15)17(18,19)20/h4-5,7,9-10H,2-3,6,8H2,1H3. The number of piperidine rings is 1.